The molecule has 2 unspecified atom stereocenters. The van der Waals surface area contributed by atoms with E-state index in [0.717, 1.165) is 12.0 Å². The topological polar surface area (TPSA) is 3.24 Å². The second-order valence-electron chi connectivity index (χ2n) is 7.05. The second-order valence-corrected chi connectivity index (χ2v) is 7.05. The van der Waals surface area contributed by atoms with Crippen LogP contribution in [0.15, 0.2) is 0 Å². The predicted molar refractivity (Wildman–Crippen MR) is 63.4 cm³/mol. The van der Waals surface area contributed by atoms with Crippen LogP contribution in [0.1, 0.15) is 48.0 Å². The first-order valence-electron chi connectivity index (χ1n) is 5.84. The highest BCUT2D eigenvalue weighted by Gasteiger charge is 2.44. The van der Waals surface area contributed by atoms with E-state index < -0.39 is 0 Å². The first-order valence-corrected chi connectivity index (χ1v) is 5.84. The third-order valence-corrected chi connectivity index (χ3v) is 3.65. The molecule has 1 heteroatoms. The Labute approximate surface area is 89.9 Å². The quantitative estimate of drug-likeness (QED) is 0.575. The molecular weight excluding hydrogens is 170 g/mol. The lowest BCUT2D eigenvalue weighted by atomic mass is 9.69. The van der Waals surface area contributed by atoms with Crippen molar-refractivity contribution in [3.05, 3.63) is 0 Å². The van der Waals surface area contributed by atoms with Crippen molar-refractivity contribution in [1.29, 1.82) is 0 Å². The normalized spacial score (nSPS) is 31.1. The Hall–Kier alpha value is -0.0400. The minimum absolute atomic E-state index is 0.406. The zero-order valence-electron chi connectivity index (χ0n) is 11.0. The summed E-state index contributed by atoms with van der Waals surface area (Å²) in [6.45, 7) is 15.5. The third-order valence-electron chi connectivity index (χ3n) is 3.65. The van der Waals surface area contributed by atoms with Gasteiger partial charge in [0.15, 0.2) is 0 Å². The number of likely N-dealkylation sites (tertiary alicyclic amines) is 1. The van der Waals surface area contributed by atoms with Gasteiger partial charge in [-0.05, 0) is 36.8 Å². The fourth-order valence-electron chi connectivity index (χ4n) is 3.12. The summed E-state index contributed by atoms with van der Waals surface area (Å²) in [4.78, 5) is 2.55. The Morgan fingerprint density at radius 2 is 1.43 bits per heavy atom. The summed E-state index contributed by atoms with van der Waals surface area (Å²) in [7, 11) is 2.28. The molecule has 84 valence electrons. The van der Waals surface area contributed by atoms with Crippen molar-refractivity contribution in [2.75, 3.05) is 13.6 Å². The molecule has 0 aromatic carbocycles. The van der Waals surface area contributed by atoms with Gasteiger partial charge in [0, 0.05) is 6.04 Å². The second kappa shape index (κ2) is 3.52. The van der Waals surface area contributed by atoms with Crippen LogP contribution in [0.4, 0.5) is 0 Å². The number of hydrogen-bond donors (Lipinski definition) is 0. The van der Waals surface area contributed by atoms with Gasteiger partial charge in [-0.25, -0.2) is 0 Å². The molecule has 0 aromatic rings. The largest absolute Gasteiger partial charge is 0.303 e. The van der Waals surface area contributed by atoms with Gasteiger partial charge in [-0.2, -0.15) is 0 Å². The standard InChI is InChI=1S/C13H27N/c1-12(2,3)10-8-9-14(7)11(10)13(4,5)6/h10-11H,8-9H2,1-7H3. The van der Waals surface area contributed by atoms with Gasteiger partial charge in [-0.15, -0.1) is 0 Å². The third kappa shape index (κ3) is 2.31. The summed E-state index contributed by atoms with van der Waals surface area (Å²) in [5.41, 5.74) is 0.853. The van der Waals surface area contributed by atoms with Crippen molar-refractivity contribution in [3.63, 3.8) is 0 Å². The molecular formula is C13H27N. The summed E-state index contributed by atoms with van der Waals surface area (Å²) < 4.78 is 0. The van der Waals surface area contributed by atoms with E-state index in [9.17, 15) is 0 Å². The van der Waals surface area contributed by atoms with Gasteiger partial charge < -0.3 is 4.90 Å². The molecule has 1 aliphatic rings. The van der Waals surface area contributed by atoms with Crippen molar-refractivity contribution < 1.29 is 0 Å². The van der Waals surface area contributed by atoms with Gasteiger partial charge in [-0.3, -0.25) is 0 Å². The summed E-state index contributed by atoms with van der Waals surface area (Å²) >= 11 is 0. The average molecular weight is 197 g/mol. The summed E-state index contributed by atoms with van der Waals surface area (Å²) in [6.07, 6.45) is 1.36. The van der Waals surface area contributed by atoms with Crippen molar-refractivity contribution >= 4 is 0 Å². The molecule has 14 heavy (non-hydrogen) atoms. The maximum atomic E-state index is 2.55. The van der Waals surface area contributed by atoms with E-state index in [2.05, 4.69) is 53.5 Å². The van der Waals surface area contributed by atoms with Crippen LogP contribution in [-0.2, 0) is 0 Å². The molecule has 0 N–H and O–H groups in total. The van der Waals surface area contributed by atoms with Crippen LogP contribution in [0, 0.1) is 16.7 Å². The van der Waals surface area contributed by atoms with Crippen molar-refractivity contribution in [1.82, 2.24) is 4.90 Å². The summed E-state index contributed by atoms with van der Waals surface area (Å²) in [5.74, 6) is 0.840. The summed E-state index contributed by atoms with van der Waals surface area (Å²) in [5, 5.41) is 0. The molecule has 0 aliphatic carbocycles. The van der Waals surface area contributed by atoms with Gasteiger partial charge in [0.05, 0.1) is 0 Å². The van der Waals surface area contributed by atoms with Gasteiger partial charge in [0.1, 0.15) is 0 Å². The molecule has 0 saturated carbocycles. The number of hydrogen-bond acceptors (Lipinski definition) is 1. The number of nitrogens with zero attached hydrogens (tertiary/aromatic N) is 1. The minimum Gasteiger partial charge on any atom is -0.303 e. The van der Waals surface area contributed by atoms with Crippen molar-refractivity contribution in [2.24, 2.45) is 16.7 Å². The lowest BCUT2D eigenvalue weighted by Gasteiger charge is -2.42. The van der Waals surface area contributed by atoms with Crippen LogP contribution >= 0.6 is 0 Å². The van der Waals surface area contributed by atoms with Gasteiger partial charge in [-0.1, -0.05) is 41.5 Å². The first-order chi connectivity index (χ1) is 6.14. The molecule has 1 fully saturated rings. The zero-order chi connectivity index (χ0) is 11.1. The summed E-state index contributed by atoms with van der Waals surface area (Å²) in [6, 6.07) is 0.738. The van der Waals surface area contributed by atoms with Crippen molar-refractivity contribution in [3.8, 4) is 0 Å². The van der Waals surface area contributed by atoms with E-state index in [1.165, 1.54) is 13.0 Å². The van der Waals surface area contributed by atoms with E-state index in [1.54, 1.807) is 0 Å². The maximum Gasteiger partial charge on any atom is 0.0174 e. The molecule has 0 amide bonds. The molecule has 1 rings (SSSR count). The van der Waals surface area contributed by atoms with E-state index in [0.29, 0.717) is 10.8 Å². The fourth-order valence-corrected chi connectivity index (χ4v) is 3.12. The Morgan fingerprint density at radius 3 is 1.71 bits per heavy atom. The van der Waals surface area contributed by atoms with Gasteiger partial charge in [0.2, 0.25) is 0 Å². The van der Waals surface area contributed by atoms with Crippen LogP contribution in [0.5, 0.6) is 0 Å². The van der Waals surface area contributed by atoms with Crippen LogP contribution in [0.25, 0.3) is 0 Å². The molecule has 1 heterocycles. The highest BCUT2D eigenvalue weighted by Crippen LogP contribution is 2.44. The first kappa shape index (κ1) is 12.0. The Bertz CT molecular complexity index is 194. The van der Waals surface area contributed by atoms with E-state index in [1.807, 2.05) is 0 Å². The van der Waals surface area contributed by atoms with Crippen LogP contribution < -0.4 is 0 Å². The molecule has 0 bridgehead atoms. The molecule has 1 saturated heterocycles. The Balaban J connectivity index is 2.88. The van der Waals surface area contributed by atoms with E-state index in [-0.39, 0.29) is 0 Å². The van der Waals surface area contributed by atoms with Gasteiger partial charge >= 0.3 is 0 Å². The maximum absolute atomic E-state index is 2.55. The Kier molecular flexibility index (Phi) is 3.02. The lowest BCUT2D eigenvalue weighted by molar-refractivity contribution is 0.0805. The minimum atomic E-state index is 0.406. The average Bonchev–Trinajstić information content (AvgIpc) is 2.27. The highest BCUT2D eigenvalue weighted by atomic mass is 15.2. The Morgan fingerprint density at radius 1 is 0.929 bits per heavy atom. The molecule has 2 atom stereocenters. The van der Waals surface area contributed by atoms with Crippen LogP contribution in [0.3, 0.4) is 0 Å². The SMILES string of the molecule is CN1CCC(C(C)(C)C)C1C(C)(C)C. The molecule has 0 aromatic heterocycles. The number of rotatable bonds is 0. The molecule has 1 nitrogen and oxygen atoms in total. The van der Waals surface area contributed by atoms with Gasteiger partial charge in [0.25, 0.3) is 0 Å². The lowest BCUT2D eigenvalue weighted by Crippen LogP contribution is -2.44. The van der Waals surface area contributed by atoms with E-state index >= 15 is 0 Å². The highest BCUT2D eigenvalue weighted by molar-refractivity contribution is 4.97. The monoisotopic (exact) mass is 197 g/mol. The molecule has 0 radical (unpaired) electrons. The smallest absolute Gasteiger partial charge is 0.0174 e. The van der Waals surface area contributed by atoms with Crippen LogP contribution in [-0.4, -0.2) is 24.5 Å². The molecule has 0 spiro atoms. The van der Waals surface area contributed by atoms with Crippen LogP contribution in [0.2, 0.25) is 0 Å². The molecule has 1 aliphatic heterocycles. The fraction of sp³-hybridized carbons (Fsp3) is 1.00. The predicted octanol–water partition coefficient (Wildman–Crippen LogP) is 3.40. The van der Waals surface area contributed by atoms with Crippen molar-refractivity contribution in [2.45, 2.75) is 54.0 Å². The van der Waals surface area contributed by atoms with E-state index in [4.69, 9.17) is 0 Å². The zero-order valence-corrected chi connectivity index (χ0v) is 11.0.